The molecule has 0 aliphatic carbocycles. The van der Waals surface area contributed by atoms with Crippen molar-refractivity contribution < 1.29 is 4.42 Å². The molecule has 124 valence electrons. The van der Waals surface area contributed by atoms with E-state index in [4.69, 9.17) is 4.42 Å². The van der Waals surface area contributed by atoms with Gasteiger partial charge in [0.05, 0.1) is 12.2 Å². The van der Waals surface area contributed by atoms with Crippen molar-refractivity contribution in [3.05, 3.63) is 35.3 Å². The van der Waals surface area contributed by atoms with Crippen LogP contribution in [0.15, 0.2) is 16.7 Å². The smallest absolute Gasteiger partial charge is 0.222 e. The van der Waals surface area contributed by atoms with Crippen LogP contribution in [-0.4, -0.2) is 39.5 Å². The summed E-state index contributed by atoms with van der Waals surface area (Å²) in [7, 11) is 0. The zero-order valence-electron chi connectivity index (χ0n) is 14.2. The number of nitrogens with one attached hydrogen (secondary N) is 1. The van der Waals surface area contributed by atoms with E-state index in [1.807, 2.05) is 26.8 Å². The minimum absolute atomic E-state index is 0.670. The first-order valence-corrected chi connectivity index (χ1v) is 8.29. The first-order chi connectivity index (χ1) is 11.1. The molecule has 1 aliphatic rings. The molecule has 23 heavy (non-hydrogen) atoms. The first-order valence-electron chi connectivity index (χ1n) is 8.29. The van der Waals surface area contributed by atoms with Gasteiger partial charge in [-0.15, -0.1) is 0 Å². The molecular weight excluding hydrogens is 290 g/mol. The third-order valence-corrected chi connectivity index (χ3v) is 4.48. The van der Waals surface area contributed by atoms with Gasteiger partial charge in [0.15, 0.2) is 0 Å². The average molecular weight is 315 g/mol. The summed E-state index contributed by atoms with van der Waals surface area (Å²) in [5.74, 6) is 3.17. The molecule has 1 aliphatic heterocycles. The van der Waals surface area contributed by atoms with Crippen LogP contribution in [0.4, 0.5) is 5.95 Å². The van der Waals surface area contributed by atoms with Gasteiger partial charge >= 0.3 is 0 Å². The first kappa shape index (κ1) is 15.9. The summed E-state index contributed by atoms with van der Waals surface area (Å²) in [4.78, 5) is 15.5. The lowest BCUT2D eigenvalue weighted by Gasteiger charge is -2.31. The lowest BCUT2D eigenvalue weighted by Crippen LogP contribution is -2.35. The van der Waals surface area contributed by atoms with E-state index >= 15 is 0 Å². The average Bonchev–Trinajstić information content (AvgIpc) is 2.85. The lowest BCUT2D eigenvalue weighted by atomic mass is 9.97. The van der Waals surface area contributed by atoms with E-state index in [-0.39, 0.29) is 0 Å². The quantitative estimate of drug-likeness (QED) is 0.915. The number of rotatable bonds is 5. The normalized spacial score (nSPS) is 16.7. The summed E-state index contributed by atoms with van der Waals surface area (Å²) < 4.78 is 5.68. The molecule has 0 atom stereocenters. The van der Waals surface area contributed by atoms with E-state index in [0.29, 0.717) is 5.92 Å². The minimum atomic E-state index is 0.670. The molecule has 6 nitrogen and oxygen atoms in total. The Hall–Kier alpha value is -1.95. The van der Waals surface area contributed by atoms with Gasteiger partial charge in [-0.25, -0.2) is 15.0 Å². The molecule has 2 aromatic rings. The van der Waals surface area contributed by atoms with Crippen molar-refractivity contribution in [3.8, 4) is 0 Å². The Kier molecular flexibility index (Phi) is 4.91. The largest absolute Gasteiger partial charge is 0.444 e. The predicted molar refractivity (Wildman–Crippen MR) is 89.2 cm³/mol. The Labute approximate surface area is 137 Å². The summed E-state index contributed by atoms with van der Waals surface area (Å²) in [6.07, 6.45) is 4.16. The highest BCUT2D eigenvalue weighted by atomic mass is 16.4. The topological polar surface area (TPSA) is 67.1 Å². The highest BCUT2D eigenvalue weighted by molar-refractivity contribution is 5.24. The molecule has 0 aromatic carbocycles. The molecule has 3 heterocycles. The third kappa shape index (κ3) is 4.28. The van der Waals surface area contributed by atoms with Crippen LogP contribution < -0.4 is 5.32 Å². The lowest BCUT2D eigenvalue weighted by molar-refractivity contribution is 0.167. The van der Waals surface area contributed by atoms with Gasteiger partial charge in [-0.3, -0.25) is 4.90 Å². The van der Waals surface area contributed by atoms with Crippen LogP contribution in [-0.2, 0) is 6.54 Å². The van der Waals surface area contributed by atoms with Gasteiger partial charge in [-0.2, -0.15) is 0 Å². The van der Waals surface area contributed by atoms with E-state index in [1.54, 1.807) is 6.20 Å². The van der Waals surface area contributed by atoms with Crippen LogP contribution in [0.3, 0.4) is 0 Å². The molecule has 1 saturated heterocycles. The molecule has 0 saturated carbocycles. The zero-order chi connectivity index (χ0) is 16.2. The third-order valence-electron chi connectivity index (χ3n) is 4.48. The number of piperidine rings is 1. The van der Waals surface area contributed by atoms with Crippen molar-refractivity contribution in [1.29, 1.82) is 0 Å². The second kappa shape index (κ2) is 7.08. The van der Waals surface area contributed by atoms with Crippen LogP contribution in [0.5, 0.6) is 0 Å². The van der Waals surface area contributed by atoms with Gasteiger partial charge in [-0.05, 0) is 58.7 Å². The summed E-state index contributed by atoms with van der Waals surface area (Å²) in [5.41, 5.74) is 1.99. The molecule has 6 heteroatoms. The van der Waals surface area contributed by atoms with Crippen molar-refractivity contribution in [2.75, 3.05) is 25.0 Å². The second-order valence-corrected chi connectivity index (χ2v) is 6.37. The van der Waals surface area contributed by atoms with Crippen LogP contribution >= 0.6 is 0 Å². The summed E-state index contributed by atoms with van der Waals surface area (Å²) >= 11 is 0. The second-order valence-electron chi connectivity index (χ2n) is 6.37. The van der Waals surface area contributed by atoms with Crippen LogP contribution in [0.1, 0.15) is 35.9 Å². The number of anilines is 1. The Morgan fingerprint density at radius 3 is 2.65 bits per heavy atom. The Morgan fingerprint density at radius 1 is 1.22 bits per heavy atom. The molecule has 0 spiro atoms. The fourth-order valence-electron chi connectivity index (χ4n) is 2.92. The fraction of sp³-hybridized carbons (Fsp3) is 0.588. The molecule has 1 N–H and O–H groups in total. The zero-order valence-corrected chi connectivity index (χ0v) is 14.2. The fourth-order valence-corrected chi connectivity index (χ4v) is 2.92. The summed E-state index contributed by atoms with van der Waals surface area (Å²) in [6.45, 7) is 9.87. The van der Waals surface area contributed by atoms with Gasteiger partial charge in [0, 0.05) is 18.4 Å². The maximum atomic E-state index is 5.68. The van der Waals surface area contributed by atoms with Gasteiger partial charge in [0.25, 0.3) is 0 Å². The van der Waals surface area contributed by atoms with Crippen LogP contribution in [0, 0.1) is 26.7 Å². The monoisotopic (exact) mass is 315 g/mol. The number of hydrogen-bond donors (Lipinski definition) is 1. The van der Waals surface area contributed by atoms with Crippen LogP contribution in [0.25, 0.3) is 0 Å². The van der Waals surface area contributed by atoms with Gasteiger partial charge < -0.3 is 9.73 Å². The van der Waals surface area contributed by atoms with Gasteiger partial charge in [-0.1, -0.05) is 0 Å². The SMILES string of the molecule is Cc1ccnc(NCC2CCN(Cc3nc(C)c(C)o3)CC2)n1. The molecule has 0 radical (unpaired) electrons. The van der Waals surface area contributed by atoms with Crippen molar-refractivity contribution in [3.63, 3.8) is 0 Å². The summed E-state index contributed by atoms with van der Waals surface area (Å²) in [6, 6.07) is 1.91. The van der Waals surface area contributed by atoms with Crippen molar-refractivity contribution in [2.24, 2.45) is 5.92 Å². The van der Waals surface area contributed by atoms with Crippen molar-refractivity contribution >= 4 is 5.95 Å². The molecule has 0 bridgehead atoms. The Balaban J connectivity index is 1.43. The van der Waals surface area contributed by atoms with E-state index in [2.05, 4.69) is 25.2 Å². The number of nitrogens with zero attached hydrogens (tertiary/aromatic N) is 4. The van der Waals surface area contributed by atoms with E-state index in [1.165, 1.54) is 12.8 Å². The van der Waals surface area contributed by atoms with Crippen molar-refractivity contribution in [2.45, 2.75) is 40.2 Å². The molecule has 0 amide bonds. The Morgan fingerprint density at radius 2 is 2.00 bits per heavy atom. The predicted octanol–water partition coefficient (Wildman–Crippen LogP) is 2.71. The Bertz CT molecular complexity index is 627. The molecule has 3 rings (SSSR count). The van der Waals surface area contributed by atoms with E-state index in [9.17, 15) is 0 Å². The molecule has 0 unspecified atom stereocenters. The maximum absolute atomic E-state index is 5.68. The number of likely N-dealkylation sites (tertiary alicyclic amines) is 1. The molecule has 1 fully saturated rings. The summed E-state index contributed by atoms with van der Waals surface area (Å²) in [5, 5.41) is 3.36. The maximum Gasteiger partial charge on any atom is 0.222 e. The standard InChI is InChI=1S/C17H25N5O/c1-12-4-7-18-17(20-12)19-10-15-5-8-22(9-6-15)11-16-21-13(2)14(3)23-16/h4,7,15H,5-6,8-11H2,1-3H3,(H,18,19,20). The molecular formula is C17H25N5O. The number of oxazole rings is 1. The van der Waals surface area contributed by atoms with Gasteiger partial charge in [0.1, 0.15) is 5.76 Å². The van der Waals surface area contributed by atoms with Crippen molar-refractivity contribution in [1.82, 2.24) is 19.9 Å². The highest BCUT2D eigenvalue weighted by Gasteiger charge is 2.21. The highest BCUT2D eigenvalue weighted by Crippen LogP contribution is 2.20. The van der Waals surface area contributed by atoms with E-state index < -0.39 is 0 Å². The van der Waals surface area contributed by atoms with Crippen LogP contribution in [0.2, 0.25) is 0 Å². The number of hydrogen-bond acceptors (Lipinski definition) is 6. The van der Waals surface area contributed by atoms with E-state index in [0.717, 1.165) is 55.2 Å². The number of aromatic nitrogens is 3. The minimum Gasteiger partial charge on any atom is -0.444 e. The number of aryl methyl sites for hydroxylation is 3. The van der Waals surface area contributed by atoms with Gasteiger partial charge in [0.2, 0.25) is 11.8 Å². The molecule has 2 aromatic heterocycles.